The molecule has 0 saturated carbocycles. The summed E-state index contributed by atoms with van der Waals surface area (Å²) in [6.07, 6.45) is 2.04. The van der Waals surface area contributed by atoms with Crippen molar-refractivity contribution < 1.29 is 4.79 Å². The van der Waals surface area contributed by atoms with Gasteiger partial charge in [-0.3, -0.25) is 4.79 Å². The molecule has 0 bridgehead atoms. The predicted octanol–water partition coefficient (Wildman–Crippen LogP) is 3.39. The minimum atomic E-state index is -0.388. The van der Waals surface area contributed by atoms with Crippen LogP contribution in [0.25, 0.3) is 0 Å². The van der Waals surface area contributed by atoms with Gasteiger partial charge in [0, 0.05) is 10.9 Å². The predicted molar refractivity (Wildman–Crippen MR) is 58.7 cm³/mol. The Labute approximate surface area is 91.2 Å². The molecule has 0 radical (unpaired) electrons. The molecule has 1 aromatic rings. The van der Waals surface area contributed by atoms with Crippen LogP contribution >= 0.6 is 27.5 Å². The van der Waals surface area contributed by atoms with Crippen LogP contribution in [-0.4, -0.2) is 10.6 Å². The lowest BCUT2D eigenvalue weighted by Gasteiger charge is -2.00. The highest BCUT2D eigenvalue weighted by Gasteiger charge is 2.01. The van der Waals surface area contributed by atoms with Gasteiger partial charge in [-0.25, -0.2) is 0 Å². The highest BCUT2D eigenvalue weighted by Crippen LogP contribution is 2.10. The van der Waals surface area contributed by atoms with Crippen LogP contribution < -0.4 is 0 Å². The standard InChI is InChI=1S/C10H10BrClO/c11-6-2-4-8-3-1-5-9(7-8)10(12)13/h1,3,5,7H,2,4,6H2. The van der Waals surface area contributed by atoms with Crippen molar-refractivity contribution in [3.63, 3.8) is 0 Å². The summed E-state index contributed by atoms with van der Waals surface area (Å²) in [7, 11) is 0. The average Bonchev–Trinajstić information content (AvgIpc) is 2.15. The first kappa shape index (κ1) is 10.7. The molecule has 0 aliphatic heterocycles. The SMILES string of the molecule is O=C(Cl)c1cccc(CCCBr)c1. The molecule has 70 valence electrons. The van der Waals surface area contributed by atoms with Crippen molar-refractivity contribution in [3.05, 3.63) is 35.4 Å². The van der Waals surface area contributed by atoms with Gasteiger partial charge in [-0.15, -0.1) is 0 Å². The van der Waals surface area contributed by atoms with E-state index in [0.717, 1.165) is 23.7 Å². The van der Waals surface area contributed by atoms with Gasteiger partial charge in [-0.1, -0.05) is 34.1 Å². The Morgan fingerprint density at radius 2 is 2.23 bits per heavy atom. The van der Waals surface area contributed by atoms with Crippen LogP contribution in [0.3, 0.4) is 0 Å². The number of rotatable bonds is 4. The summed E-state index contributed by atoms with van der Waals surface area (Å²) in [5.41, 5.74) is 1.74. The van der Waals surface area contributed by atoms with E-state index in [1.807, 2.05) is 18.2 Å². The number of carbonyl (C=O) groups excluding carboxylic acids is 1. The fraction of sp³-hybridized carbons (Fsp3) is 0.300. The summed E-state index contributed by atoms with van der Waals surface area (Å²) < 4.78 is 0. The molecule has 3 heteroatoms. The molecule has 1 nitrogen and oxygen atoms in total. The number of benzene rings is 1. The molecular weight excluding hydrogens is 251 g/mol. The van der Waals surface area contributed by atoms with Gasteiger partial charge in [0.05, 0.1) is 0 Å². The summed E-state index contributed by atoms with van der Waals surface area (Å²) in [6.45, 7) is 0. The first-order chi connectivity index (χ1) is 6.24. The number of hydrogen-bond donors (Lipinski definition) is 0. The second-order valence-electron chi connectivity index (χ2n) is 2.77. The van der Waals surface area contributed by atoms with E-state index < -0.39 is 0 Å². The molecule has 0 aliphatic carbocycles. The summed E-state index contributed by atoms with van der Waals surface area (Å²) in [6, 6.07) is 7.44. The lowest BCUT2D eigenvalue weighted by molar-refractivity contribution is 0.108. The molecule has 0 spiro atoms. The molecular formula is C10H10BrClO. The molecule has 13 heavy (non-hydrogen) atoms. The van der Waals surface area contributed by atoms with Crippen LogP contribution in [-0.2, 0) is 6.42 Å². The molecule has 0 atom stereocenters. The fourth-order valence-corrected chi connectivity index (χ4v) is 1.52. The average molecular weight is 262 g/mol. The third-order valence-electron chi connectivity index (χ3n) is 1.75. The van der Waals surface area contributed by atoms with Gasteiger partial charge in [0.1, 0.15) is 0 Å². The van der Waals surface area contributed by atoms with Crippen LogP contribution in [0.5, 0.6) is 0 Å². The van der Waals surface area contributed by atoms with E-state index in [1.165, 1.54) is 0 Å². The molecule has 0 N–H and O–H groups in total. The van der Waals surface area contributed by atoms with Crippen molar-refractivity contribution in [1.82, 2.24) is 0 Å². The fourth-order valence-electron chi connectivity index (χ4n) is 1.12. The van der Waals surface area contributed by atoms with Gasteiger partial charge < -0.3 is 0 Å². The van der Waals surface area contributed by atoms with Gasteiger partial charge in [0.15, 0.2) is 0 Å². The number of alkyl halides is 1. The molecule has 0 unspecified atom stereocenters. The van der Waals surface area contributed by atoms with Gasteiger partial charge in [-0.05, 0) is 36.1 Å². The largest absolute Gasteiger partial charge is 0.276 e. The van der Waals surface area contributed by atoms with E-state index in [2.05, 4.69) is 15.9 Å². The number of aryl methyl sites for hydroxylation is 1. The van der Waals surface area contributed by atoms with Crippen LogP contribution in [0.1, 0.15) is 22.3 Å². The third-order valence-corrected chi connectivity index (χ3v) is 2.53. The lowest BCUT2D eigenvalue weighted by Crippen LogP contribution is -1.92. The summed E-state index contributed by atoms with van der Waals surface area (Å²) in [4.78, 5) is 10.8. The Kier molecular flexibility index (Phi) is 4.46. The minimum absolute atomic E-state index is 0.388. The van der Waals surface area contributed by atoms with E-state index >= 15 is 0 Å². The molecule has 0 fully saturated rings. The van der Waals surface area contributed by atoms with Crippen molar-refractivity contribution >= 4 is 32.8 Å². The zero-order chi connectivity index (χ0) is 9.68. The molecule has 0 heterocycles. The summed E-state index contributed by atoms with van der Waals surface area (Å²) in [5.74, 6) is 0. The number of halogens is 2. The Bertz CT molecular complexity index is 299. The smallest absolute Gasteiger partial charge is 0.252 e. The molecule has 1 aromatic carbocycles. The van der Waals surface area contributed by atoms with Crippen LogP contribution in [0.4, 0.5) is 0 Å². The van der Waals surface area contributed by atoms with E-state index in [9.17, 15) is 4.79 Å². The number of carbonyl (C=O) groups is 1. The zero-order valence-electron chi connectivity index (χ0n) is 7.09. The molecule has 1 rings (SSSR count). The van der Waals surface area contributed by atoms with E-state index in [0.29, 0.717) is 5.56 Å². The van der Waals surface area contributed by atoms with E-state index in [-0.39, 0.29) is 5.24 Å². The maximum Gasteiger partial charge on any atom is 0.252 e. The van der Waals surface area contributed by atoms with Gasteiger partial charge >= 0.3 is 0 Å². The van der Waals surface area contributed by atoms with Crippen molar-refractivity contribution in [2.75, 3.05) is 5.33 Å². The Balaban J connectivity index is 2.73. The second-order valence-corrected chi connectivity index (χ2v) is 3.90. The number of hydrogen-bond acceptors (Lipinski definition) is 1. The van der Waals surface area contributed by atoms with Gasteiger partial charge in [-0.2, -0.15) is 0 Å². The summed E-state index contributed by atoms with van der Waals surface area (Å²) >= 11 is 8.72. The Hall–Kier alpha value is -0.340. The van der Waals surface area contributed by atoms with Crippen molar-refractivity contribution in [2.45, 2.75) is 12.8 Å². The Morgan fingerprint density at radius 1 is 1.46 bits per heavy atom. The van der Waals surface area contributed by atoms with Crippen molar-refractivity contribution in [1.29, 1.82) is 0 Å². The highest BCUT2D eigenvalue weighted by atomic mass is 79.9. The first-order valence-corrected chi connectivity index (χ1v) is 5.58. The first-order valence-electron chi connectivity index (χ1n) is 4.09. The Morgan fingerprint density at radius 3 is 2.85 bits per heavy atom. The molecule has 0 amide bonds. The summed E-state index contributed by atoms with van der Waals surface area (Å²) in [5, 5.41) is 0.590. The lowest BCUT2D eigenvalue weighted by atomic mass is 10.1. The quantitative estimate of drug-likeness (QED) is 0.600. The maximum atomic E-state index is 10.8. The van der Waals surface area contributed by atoms with E-state index in [4.69, 9.17) is 11.6 Å². The van der Waals surface area contributed by atoms with Crippen LogP contribution in [0.15, 0.2) is 24.3 Å². The molecule has 0 aliphatic rings. The van der Waals surface area contributed by atoms with Crippen LogP contribution in [0, 0.1) is 0 Å². The highest BCUT2D eigenvalue weighted by molar-refractivity contribution is 9.09. The second kappa shape index (κ2) is 5.40. The van der Waals surface area contributed by atoms with Crippen LogP contribution in [0.2, 0.25) is 0 Å². The van der Waals surface area contributed by atoms with Crippen molar-refractivity contribution in [3.8, 4) is 0 Å². The normalized spacial score (nSPS) is 10.0. The maximum absolute atomic E-state index is 10.8. The van der Waals surface area contributed by atoms with Crippen molar-refractivity contribution in [2.24, 2.45) is 0 Å². The monoisotopic (exact) mass is 260 g/mol. The van der Waals surface area contributed by atoms with Gasteiger partial charge in [0.25, 0.3) is 5.24 Å². The van der Waals surface area contributed by atoms with E-state index in [1.54, 1.807) is 6.07 Å². The molecule has 0 aromatic heterocycles. The minimum Gasteiger partial charge on any atom is -0.276 e. The zero-order valence-corrected chi connectivity index (χ0v) is 9.44. The topological polar surface area (TPSA) is 17.1 Å². The third kappa shape index (κ3) is 3.49. The van der Waals surface area contributed by atoms with Gasteiger partial charge in [0.2, 0.25) is 0 Å². The molecule has 0 saturated heterocycles.